The molecule has 0 aromatic heterocycles. The number of rotatable bonds is 2. The van der Waals surface area contributed by atoms with E-state index in [1.165, 1.54) is 6.92 Å². The number of phenolic OH excluding ortho intramolecular Hbond substituents is 1. The minimum Gasteiger partial charge on any atom is -0.505 e. The quantitative estimate of drug-likeness (QED) is 0.560. The summed E-state index contributed by atoms with van der Waals surface area (Å²) in [5.74, 6) is -1.87. The average Bonchev–Trinajstić information content (AvgIpc) is 2.08. The Morgan fingerprint density at radius 2 is 2.14 bits per heavy atom. The number of aliphatic hydroxyl groups is 1. The van der Waals surface area contributed by atoms with E-state index in [4.69, 9.17) is 10.2 Å². The Kier molecular flexibility index (Phi) is 2.66. The van der Waals surface area contributed by atoms with Crippen LogP contribution < -0.4 is 0 Å². The normalized spacial score (nSPS) is 12.5. The number of aliphatic hydroxyl groups excluding tert-OH is 1. The molecule has 0 radical (unpaired) electrons. The topological polar surface area (TPSA) is 83.6 Å². The Morgan fingerprint density at radius 3 is 2.57 bits per heavy atom. The molecule has 0 spiro atoms. The van der Waals surface area contributed by atoms with Gasteiger partial charge in [-0.05, 0) is 6.92 Å². The average molecular weight is 201 g/mol. The van der Waals surface area contributed by atoms with E-state index < -0.39 is 28.3 Å². The van der Waals surface area contributed by atoms with E-state index >= 15 is 0 Å². The number of hydrogen-bond donors (Lipinski definition) is 2. The second kappa shape index (κ2) is 3.59. The Labute approximate surface area is 78.6 Å². The Morgan fingerprint density at radius 1 is 1.57 bits per heavy atom. The van der Waals surface area contributed by atoms with Gasteiger partial charge in [-0.15, -0.1) is 0 Å². The van der Waals surface area contributed by atoms with Gasteiger partial charge in [-0.3, -0.25) is 10.1 Å². The number of non-ortho nitro benzene ring substituents is 1. The van der Waals surface area contributed by atoms with Crippen LogP contribution in [0.15, 0.2) is 12.1 Å². The third-order valence-corrected chi connectivity index (χ3v) is 1.74. The molecule has 6 heteroatoms. The molecule has 0 aliphatic heterocycles. The number of halogens is 1. The van der Waals surface area contributed by atoms with Crippen LogP contribution in [-0.4, -0.2) is 15.1 Å². The van der Waals surface area contributed by atoms with Crippen molar-refractivity contribution in [1.82, 2.24) is 0 Å². The lowest BCUT2D eigenvalue weighted by molar-refractivity contribution is -0.385. The van der Waals surface area contributed by atoms with Gasteiger partial charge >= 0.3 is 0 Å². The van der Waals surface area contributed by atoms with Crippen LogP contribution in [-0.2, 0) is 0 Å². The van der Waals surface area contributed by atoms with Crippen molar-refractivity contribution in [3.8, 4) is 5.75 Å². The highest BCUT2D eigenvalue weighted by atomic mass is 19.1. The summed E-state index contributed by atoms with van der Waals surface area (Å²) in [4.78, 5) is 9.52. The van der Waals surface area contributed by atoms with E-state index in [1.54, 1.807) is 0 Å². The molecule has 5 nitrogen and oxygen atoms in total. The zero-order chi connectivity index (χ0) is 10.9. The lowest BCUT2D eigenvalue weighted by Crippen LogP contribution is -1.97. The number of benzene rings is 1. The first-order valence-corrected chi connectivity index (χ1v) is 3.78. The molecule has 0 saturated heterocycles. The molecular weight excluding hydrogens is 193 g/mol. The van der Waals surface area contributed by atoms with Gasteiger partial charge in [-0.2, -0.15) is 0 Å². The van der Waals surface area contributed by atoms with E-state index in [2.05, 4.69) is 0 Å². The van der Waals surface area contributed by atoms with Crippen LogP contribution in [0.4, 0.5) is 10.1 Å². The first-order chi connectivity index (χ1) is 6.43. The first-order valence-electron chi connectivity index (χ1n) is 3.78. The van der Waals surface area contributed by atoms with Crippen molar-refractivity contribution in [3.63, 3.8) is 0 Å². The van der Waals surface area contributed by atoms with Crippen LogP contribution in [0.5, 0.6) is 5.75 Å². The summed E-state index contributed by atoms with van der Waals surface area (Å²) >= 11 is 0. The van der Waals surface area contributed by atoms with Crippen molar-refractivity contribution in [2.24, 2.45) is 0 Å². The van der Waals surface area contributed by atoms with Crippen molar-refractivity contribution in [3.05, 3.63) is 33.6 Å². The predicted molar refractivity (Wildman–Crippen MR) is 45.4 cm³/mol. The number of nitro groups is 1. The maximum absolute atomic E-state index is 12.9. The fourth-order valence-corrected chi connectivity index (χ4v) is 1.03. The van der Waals surface area contributed by atoms with Gasteiger partial charge in [-0.25, -0.2) is 4.39 Å². The number of aromatic hydroxyl groups is 1. The maximum atomic E-state index is 12.9. The van der Waals surface area contributed by atoms with E-state index in [9.17, 15) is 14.5 Å². The van der Waals surface area contributed by atoms with Crippen LogP contribution >= 0.6 is 0 Å². The molecule has 0 aliphatic rings. The van der Waals surface area contributed by atoms with Crippen LogP contribution in [0, 0.1) is 15.9 Å². The van der Waals surface area contributed by atoms with E-state index in [0.29, 0.717) is 6.07 Å². The zero-order valence-electron chi connectivity index (χ0n) is 7.27. The summed E-state index contributed by atoms with van der Waals surface area (Å²) in [6, 6.07) is 1.53. The second-order valence-electron chi connectivity index (χ2n) is 2.80. The standard InChI is InChI=1S/C8H8FNO4/c1-4(11)6-2-5(10(13)14)3-7(9)8(6)12/h2-4,11-12H,1H3. The van der Waals surface area contributed by atoms with Crippen LogP contribution in [0.25, 0.3) is 0 Å². The van der Waals surface area contributed by atoms with E-state index in [-0.39, 0.29) is 5.56 Å². The molecule has 0 bridgehead atoms. The number of phenols is 1. The number of nitro benzene ring substituents is 1. The van der Waals surface area contributed by atoms with Gasteiger partial charge in [0, 0.05) is 11.6 Å². The smallest absolute Gasteiger partial charge is 0.273 e. The highest BCUT2D eigenvalue weighted by Crippen LogP contribution is 2.31. The summed E-state index contributed by atoms with van der Waals surface area (Å²) in [7, 11) is 0. The van der Waals surface area contributed by atoms with Crippen molar-refractivity contribution in [2.75, 3.05) is 0 Å². The molecule has 14 heavy (non-hydrogen) atoms. The highest BCUT2D eigenvalue weighted by molar-refractivity contribution is 5.45. The van der Waals surface area contributed by atoms with Gasteiger partial charge in [0.15, 0.2) is 11.6 Å². The monoisotopic (exact) mass is 201 g/mol. The van der Waals surface area contributed by atoms with Gasteiger partial charge in [-0.1, -0.05) is 0 Å². The van der Waals surface area contributed by atoms with Gasteiger partial charge in [0.25, 0.3) is 5.69 Å². The lowest BCUT2D eigenvalue weighted by Gasteiger charge is -2.07. The molecule has 1 aromatic carbocycles. The Hall–Kier alpha value is -1.69. The summed E-state index contributed by atoms with van der Waals surface area (Å²) in [5.41, 5.74) is -0.701. The molecule has 0 saturated carbocycles. The molecule has 0 aliphatic carbocycles. The van der Waals surface area contributed by atoms with Crippen molar-refractivity contribution < 1.29 is 19.5 Å². The van der Waals surface area contributed by atoms with Gasteiger partial charge < -0.3 is 10.2 Å². The zero-order valence-corrected chi connectivity index (χ0v) is 7.27. The van der Waals surface area contributed by atoms with Crippen LogP contribution in [0.3, 0.4) is 0 Å². The molecule has 0 heterocycles. The molecule has 1 aromatic rings. The second-order valence-corrected chi connectivity index (χ2v) is 2.80. The molecular formula is C8H8FNO4. The van der Waals surface area contributed by atoms with Crippen molar-refractivity contribution in [1.29, 1.82) is 0 Å². The third-order valence-electron chi connectivity index (χ3n) is 1.74. The first kappa shape index (κ1) is 10.4. The molecule has 1 unspecified atom stereocenters. The number of hydrogen-bond acceptors (Lipinski definition) is 4. The van der Waals surface area contributed by atoms with Crippen molar-refractivity contribution in [2.45, 2.75) is 13.0 Å². The Bertz CT molecular complexity index is 378. The third kappa shape index (κ3) is 1.80. The molecule has 76 valence electrons. The fourth-order valence-electron chi connectivity index (χ4n) is 1.03. The van der Waals surface area contributed by atoms with E-state index in [0.717, 1.165) is 6.07 Å². The van der Waals surface area contributed by atoms with E-state index in [1.807, 2.05) is 0 Å². The largest absolute Gasteiger partial charge is 0.505 e. The molecule has 2 N–H and O–H groups in total. The molecule has 0 fully saturated rings. The Balaban J connectivity index is 3.35. The predicted octanol–water partition coefficient (Wildman–Crippen LogP) is 1.49. The maximum Gasteiger partial charge on any atom is 0.273 e. The van der Waals surface area contributed by atoms with Crippen LogP contribution in [0.2, 0.25) is 0 Å². The number of nitrogens with zero attached hydrogens (tertiary/aromatic N) is 1. The summed E-state index contributed by atoms with van der Waals surface area (Å²) in [6.07, 6.45) is -1.16. The summed E-state index contributed by atoms with van der Waals surface area (Å²) in [5, 5.41) is 28.5. The molecule has 1 atom stereocenters. The minimum atomic E-state index is -1.16. The van der Waals surface area contributed by atoms with Gasteiger partial charge in [0.05, 0.1) is 17.1 Å². The van der Waals surface area contributed by atoms with Gasteiger partial charge in [0.2, 0.25) is 0 Å². The fraction of sp³-hybridized carbons (Fsp3) is 0.250. The van der Waals surface area contributed by atoms with Gasteiger partial charge in [0.1, 0.15) is 0 Å². The van der Waals surface area contributed by atoms with Crippen LogP contribution in [0.1, 0.15) is 18.6 Å². The molecule has 0 amide bonds. The molecule has 1 rings (SSSR count). The minimum absolute atomic E-state index is 0.197. The van der Waals surface area contributed by atoms with Crippen molar-refractivity contribution >= 4 is 5.69 Å². The summed E-state index contributed by atoms with van der Waals surface area (Å²) < 4.78 is 12.9. The summed E-state index contributed by atoms with van der Waals surface area (Å²) in [6.45, 7) is 1.28. The highest BCUT2D eigenvalue weighted by Gasteiger charge is 2.18. The lowest BCUT2D eigenvalue weighted by atomic mass is 10.1. The SMILES string of the molecule is CC(O)c1cc([N+](=O)[O-])cc(F)c1O.